The Morgan fingerprint density at radius 2 is 1.83 bits per heavy atom. The number of carbonyl (C=O) groups excluding carboxylic acids is 2. The van der Waals surface area contributed by atoms with Crippen LogP contribution >= 0.6 is 0 Å². The Hall–Kier alpha value is -3.71. The van der Waals surface area contributed by atoms with E-state index in [1.54, 1.807) is 12.1 Å². The summed E-state index contributed by atoms with van der Waals surface area (Å²) in [7, 11) is 1.64. The molecule has 5 rings (SSSR count). The topological polar surface area (TPSA) is 88.2 Å². The van der Waals surface area contributed by atoms with Crippen LogP contribution in [-0.2, 0) is 9.59 Å². The van der Waals surface area contributed by atoms with Crippen LogP contribution in [0.15, 0.2) is 71.8 Å². The van der Waals surface area contributed by atoms with Crippen molar-refractivity contribution in [2.24, 2.45) is 16.8 Å². The van der Waals surface area contributed by atoms with Gasteiger partial charge in [0.05, 0.1) is 31.3 Å². The lowest BCUT2D eigenvalue weighted by atomic mass is 9.96. The van der Waals surface area contributed by atoms with E-state index in [4.69, 9.17) is 15.6 Å². The Morgan fingerprint density at radius 3 is 2.57 bits per heavy atom. The van der Waals surface area contributed by atoms with Crippen LogP contribution in [0.3, 0.4) is 0 Å². The van der Waals surface area contributed by atoms with Crippen LogP contribution in [0.4, 0.5) is 0 Å². The first-order valence-electron chi connectivity index (χ1n) is 12.1. The molecule has 0 aromatic heterocycles. The van der Waals surface area contributed by atoms with Gasteiger partial charge in [0.15, 0.2) is 0 Å². The predicted molar refractivity (Wildman–Crippen MR) is 136 cm³/mol. The average molecular weight is 471 g/mol. The van der Waals surface area contributed by atoms with E-state index in [2.05, 4.69) is 30.3 Å². The molecule has 0 unspecified atom stereocenters. The van der Waals surface area contributed by atoms with Gasteiger partial charge in [-0.15, -0.1) is 0 Å². The number of hydrogen-bond donors (Lipinski definition) is 1. The molecular formula is C28H30N4O3. The first-order valence-corrected chi connectivity index (χ1v) is 12.1. The minimum atomic E-state index is -0.295. The molecule has 7 nitrogen and oxygen atoms in total. The van der Waals surface area contributed by atoms with Crippen molar-refractivity contribution in [3.05, 3.63) is 77.9 Å². The maximum Gasteiger partial charge on any atom is 0.257 e. The first-order chi connectivity index (χ1) is 17.0. The van der Waals surface area contributed by atoms with Crippen molar-refractivity contribution in [2.45, 2.75) is 25.3 Å². The number of rotatable bonds is 6. The Kier molecular flexibility index (Phi) is 6.51. The fourth-order valence-corrected chi connectivity index (χ4v) is 5.06. The highest BCUT2D eigenvalue weighted by molar-refractivity contribution is 6.05. The summed E-state index contributed by atoms with van der Waals surface area (Å²) in [5.74, 6) is 0.193. The van der Waals surface area contributed by atoms with Gasteiger partial charge in [-0.1, -0.05) is 48.5 Å². The number of likely N-dealkylation sites (tertiary alicyclic amines) is 1. The molecular weight excluding hydrogens is 440 g/mol. The van der Waals surface area contributed by atoms with Gasteiger partial charge >= 0.3 is 0 Å². The molecule has 2 aliphatic heterocycles. The summed E-state index contributed by atoms with van der Waals surface area (Å²) in [6, 6.07) is 22.1. The zero-order chi connectivity index (χ0) is 24.4. The van der Waals surface area contributed by atoms with Gasteiger partial charge in [0.2, 0.25) is 5.91 Å². The third kappa shape index (κ3) is 4.91. The molecule has 2 aliphatic rings. The van der Waals surface area contributed by atoms with Crippen LogP contribution in [0.2, 0.25) is 0 Å². The van der Waals surface area contributed by atoms with E-state index >= 15 is 0 Å². The summed E-state index contributed by atoms with van der Waals surface area (Å²) in [4.78, 5) is 27.2. The van der Waals surface area contributed by atoms with Crippen molar-refractivity contribution in [3.8, 4) is 5.75 Å². The Balaban J connectivity index is 1.43. The first kappa shape index (κ1) is 23.1. The summed E-state index contributed by atoms with van der Waals surface area (Å²) in [6.07, 6.45) is 2.26. The molecule has 0 bridgehead atoms. The Labute approximate surface area is 205 Å². The highest BCUT2D eigenvalue weighted by Crippen LogP contribution is 2.34. The zero-order valence-corrected chi connectivity index (χ0v) is 19.9. The van der Waals surface area contributed by atoms with Crippen LogP contribution in [0.1, 0.15) is 36.4 Å². The number of hydrogen-bond acceptors (Lipinski definition) is 5. The van der Waals surface area contributed by atoms with Gasteiger partial charge in [-0.3, -0.25) is 14.5 Å². The van der Waals surface area contributed by atoms with Crippen molar-refractivity contribution in [2.75, 3.05) is 26.7 Å². The third-order valence-electron chi connectivity index (χ3n) is 7.02. The molecule has 35 heavy (non-hydrogen) atoms. The number of ether oxygens (including phenoxy) is 1. The molecule has 1 saturated heterocycles. The van der Waals surface area contributed by atoms with Gasteiger partial charge in [-0.25, -0.2) is 5.01 Å². The van der Waals surface area contributed by atoms with Gasteiger partial charge in [0, 0.05) is 13.0 Å². The van der Waals surface area contributed by atoms with E-state index in [1.165, 1.54) is 5.39 Å². The second-order valence-corrected chi connectivity index (χ2v) is 9.32. The molecule has 2 amide bonds. The minimum absolute atomic E-state index is 0.0771. The van der Waals surface area contributed by atoms with Crippen molar-refractivity contribution < 1.29 is 14.3 Å². The molecule has 7 heteroatoms. The monoisotopic (exact) mass is 470 g/mol. The minimum Gasteiger partial charge on any atom is -0.497 e. The number of primary amides is 1. The number of fused-ring (bicyclic) bond motifs is 1. The van der Waals surface area contributed by atoms with E-state index in [0.29, 0.717) is 13.0 Å². The third-order valence-corrected chi connectivity index (χ3v) is 7.02. The van der Waals surface area contributed by atoms with E-state index in [9.17, 15) is 9.59 Å². The van der Waals surface area contributed by atoms with Crippen molar-refractivity contribution in [3.63, 3.8) is 0 Å². The number of nitrogens with two attached hydrogens (primary N) is 1. The second kappa shape index (κ2) is 9.88. The number of amides is 2. The predicted octanol–water partition coefficient (Wildman–Crippen LogP) is 3.72. The quantitative estimate of drug-likeness (QED) is 0.595. The molecule has 3 aromatic rings. The van der Waals surface area contributed by atoms with Gasteiger partial charge in [0.1, 0.15) is 5.75 Å². The number of hydrazone groups is 1. The summed E-state index contributed by atoms with van der Waals surface area (Å²) in [5.41, 5.74) is 8.45. The van der Waals surface area contributed by atoms with Crippen LogP contribution in [-0.4, -0.2) is 54.2 Å². The fourth-order valence-electron chi connectivity index (χ4n) is 5.06. The number of methoxy groups -OCH3 is 1. The Bertz CT molecular complexity index is 1270. The number of nitrogens with zero attached hydrogens (tertiary/aromatic N) is 3. The van der Waals surface area contributed by atoms with E-state index in [1.807, 2.05) is 41.3 Å². The zero-order valence-electron chi connectivity index (χ0n) is 19.9. The van der Waals surface area contributed by atoms with Gasteiger partial charge in [-0.2, -0.15) is 5.10 Å². The summed E-state index contributed by atoms with van der Waals surface area (Å²) >= 11 is 0. The van der Waals surface area contributed by atoms with Crippen molar-refractivity contribution in [1.82, 2.24) is 9.91 Å². The normalized spacial score (nSPS) is 20.6. The number of carbonyl (C=O) groups is 2. The summed E-state index contributed by atoms with van der Waals surface area (Å²) in [5, 5.41) is 8.77. The number of benzene rings is 3. The maximum atomic E-state index is 13.5. The molecule has 2 atom stereocenters. The van der Waals surface area contributed by atoms with Gasteiger partial charge in [0.25, 0.3) is 5.91 Å². The van der Waals surface area contributed by atoms with Gasteiger partial charge in [-0.05, 0) is 59.5 Å². The summed E-state index contributed by atoms with van der Waals surface area (Å²) in [6.45, 7) is 1.51. The van der Waals surface area contributed by atoms with E-state index in [-0.39, 0.29) is 30.3 Å². The smallest absolute Gasteiger partial charge is 0.257 e. The lowest BCUT2D eigenvalue weighted by Gasteiger charge is -2.32. The molecule has 0 aliphatic carbocycles. The number of piperidine rings is 1. The average Bonchev–Trinajstić information content (AvgIpc) is 3.34. The van der Waals surface area contributed by atoms with Crippen LogP contribution in [0.5, 0.6) is 5.75 Å². The van der Waals surface area contributed by atoms with Crippen LogP contribution in [0.25, 0.3) is 10.8 Å². The largest absolute Gasteiger partial charge is 0.497 e. The van der Waals surface area contributed by atoms with Crippen LogP contribution in [0, 0.1) is 5.92 Å². The van der Waals surface area contributed by atoms with Gasteiger partial charge < -0.3 is 10.5 Å². The Morgan fingerprint density at radius 1 is 1.06 bits per heavy atom. The highest BCUT2D eigenvalue weighted by Gasteiger charge is 2.35. The highest BCUT2D eigenvalue weighted by atomic mass is 16.5. The molecule has 0 radical (unpaired) electrons. The standard InChI is InChI=1S/C28H30N4O3/c1-35-24-12-10-20(11-13-24)26-16-25(22-9-8-19-5-2-3-6-21(19)15-22)30-32(26)27(33)18-31-14-4-7-23(17-31)28(29)34/h2-3,5-6,8-13,15,23,26H,4,7,14,16-18H2,1H3,(H2,29,34)/t23-,26+/m0/s1. The maximum absolute atomic E-state index is 13.5. The van der Waals surface area contributed by atoms with Crippen molar-refractivity contribution in [1.29, 1.82) is 0 Å². The fraction of sp³-hybridized carbons (Fsp3) is 0.321. The molecule has 0 saturated carbocycles. The molecule has 1 fully saturated rings. The SMILES string of the molecule is COc1ccc([C@H]2CC(c3ccc4ccccc4c3)=NN2C(=O)CN2CCC[C@H](C(N)=O)C2)cc1. The summed E-state index contributed by atoms with van der Waals surface area (Å²) < 4.78 is 5.31. The molecule has 180 valence electrons. The van der Waals surface area contributed by atoms with Crippen LogP contribution < -0.4 is 10.5 Å². The van der Waals surface area contributed by atoms with E-state index in [0.717, 1.165) is 47.4 Å². The van der Waals surface area contributed by atoms with E-state index < -0.39 is 0 Å². The molecule has 2 N–H and O–H groups in total. The van der Waals surface area contributed by atoms with Crippen molar-refractivity contribution >= 4 is 28.3 Å². The molecule has 2 heterocycles. The molecule has 0 spiro atoms. The second-order valence-electron chi connectivity index (χ2n) is 9.32. The lowest BCUT2D eigenvalue weighted by molar-refractivity contribution is -0.135. The lowest BCUT2D eigenvalue weighted by Crippen LogP contribution is -2.45. The molecule has 3 aromatic carbocycles.